The smallest absolute Gasteiger partial charge is 0.148 e. The van der Waals surface area contributed by atoms with E-state index in [1.54, 1.807) is 10.9 Å². The van der Waals surface area contributed by atoms with E-state index in [2.05, 4.69) is 24.0 Å². The van der Waals surface area contributed by atoms with Gasteiger partial charge in [-0.2, -0.15) is 10.2 Å². The predicted octanol–water partition coefficient (Wildman–Crippen LogP) is 1.54. The molecule has 0 bridgehead atoms. The van der Waals surface area contributed by atoms with Gasteiger partial charge < -0.3 is 5.73 Å². The second-order valence-corrected chi connectivity index (χ2v) is 3.91. The molecular weight excluding hydrogens is 190 g/mol. The van der Waals surface area contributed by atoms with Crippen molar-refractivity contribution in [2.45, 2.75) is 26.8 Å². The summed E-state index contributed by atoms with van der Waals surface area (Å²) in [4.78, 5) is 0. The van der Waals surface area contributed by atoms with E-state index >= 15 is 0 Å². The van der Waals surface area contributed by atoms with Crippen LogP contribution in [-0.2, 0) is 0 Å². The van der Waals surface area contributed by atoms with Crippen molar-refractivity contribution in [3.05, 3.63) is 24.2 Å². The number of hydrogen-bond donors (Lipinski definition) is 1. The van der Waals surface area contributed by atoms with Crippen LogP contribution in [-0.4, -0.2) is 19.6 Å². The average Bonchev–Trinajstić information content (AvgIpc) is 2.74. The number of aromatic nitrogens is 4. The Morgan fingerprint density at radius 2 is 2.07 bits per heavy atom. The van der Waals surface area contributed by atoms with Crippen LogP contribution in [0.15, 0.2) is 18.6 Å². The van der Waals surface area contributed by atoms with Gasteiger partial charge in [-0.05, 0) is 20.8 Å². The van der Waals surface area contributed by atoms with Crippen molar-refractivity contribution in [1.29, 1.82) is 0 Å². The zero-order chi connectivity index (χ0) is 11.0. The van der Waals surface area contributed by atoms with Gasteiger partial charge in [0, 0.05) is 17.8 Å². The molecule has 15 heavy (non-hydrogen) atoms. The van der Waals surface area contributed by atoms with Crippen LogP contribution in [0.3, 0.4) is 0 Å². The molecule has 5 heteroatoms. The molecule has 0 saturated heterocycles. The zero-order valence-electron chi connectivity index (χ0n) is 9.18. The molecule has 0 aliphatic rings. The van der Waals surface area contributed by atoms with Crippen LogP contribution in [0, 0.1) is 6.92 Å². The van der Waals surface area contributed by atoms with Crippen LogP contribution >= 0.6 is 0 Å². The first-order valence-electron chi connectivity index (χ1n) is 4.94. The largest absolute Gasteiger partial charge is 0.382 e. The lowest BCUT2D eigenvalue weighted by Crippen LogP contribution is -2.00. The first-order valence-corrected chi connectivity index (χ1v) is 4.94. The van der Waals surface area contributed by atoms with Crippen LogP contribution in [0.2, 0.25) is 0 Å². The molecule has 0 atom stereocenters. The first-order chi connectivity index (χ1) is 7.08. The van der Waals surface area contributed by atoms with Crippen LogP contribution in [0.25, 0.3) is 5.69 Å². The normalized spacial score (nSPS) is 11.2. The van der Waals surface area contributed by atoms with Crippen molar-refractivity contribution in [3.8, 4) is 5.69 Å². The lowest BCUT2D eigenvalue weighted by molar-refractivity contribution is 0.532. The van der Waals surface area contributed by atoms with Crippen LogP contribution in [0.1, 0.15) is 25.5 Å². The summed E-state index contributed by atoms with van der Waals surface area (Å²) >= 11 is 0. The van der Waals surface area contributed by atoms with Crippen LogP contribution in [0.4, 0.5) is 5.82 Å². The second-order valence-electron chi connectivity index (χ2n) is 3.91. The van der Waals surface area contributed by atoms with Gasteiger partial charge in [0.05, 0.1) is 12.4 Å². The Kier molecular flexibility index (Phi) is 2.22. The van der Waals surface area contributed by atoms with Gasteiger partial charge in [-0.25, -0.2) is 4.68 Å². The van der Waals surface area contributed by atoms with E-state index in [1.807, 2.05) is 24.0 Å². The molecule has 2 rings (SSSR count). The Morgan fingerprint density at radius 3 is 2.53 bits per heavy atom. The van der Waals surface area contributed by atoms with Crippen molar-refractivity contribution < 1.29 is 0 Å². The Labute approximate surface area is 88.5 Å². The SMILES string of the molecule is Cc1cn(-c2cnn(C(C)C)c2)nc1N. The molecule has 2 aromatic rings. The summed E-state index contributed by atoms with van der Waals surface area (Å²) in [5.41, 5.74) is 7.60. The minimum absolute atomic E-state index is 0.354. The molecule has 0 spiro atoms. The molecule has 0 aromatic carbocycles. The molecule has 0 saturated carbocycles. The molecule has 2 N–H and O–H groups in total. The van der Waals surface area contributed by atoms with E-state index in [1.165, 1.54) is 0 Å². The number of nitrogens with zero attached hydrogens (tertiary/aromatic N) is 4. The van der Waals surface area contributed by atoms with Crippen LogP contribution < -0.4 is 5.73 Å². The van der Waals surface area contributed by atoms with Crippen molar-refractivity contribution in [2.24, 2.45) is 0 Å². The van der Waals surface area contributed by atoms with Gasteiger partial charge in [0.1, 0.15) is 11.5 Å². The summed E-state index contributed by atoms with van der Waals surface area (Å²) in [6, 6.07) is 0.354. The molecule has 0 aliphatic heterocycles. The van der Waals surface area contributed by atoms with E-state index in [0.29, 0.717) is 11.9 Å². The highest BCUT2D eigenvalue weighted by Crippen LogP contribution is 2.13. The minimum Gasteiger partial charge on any atom is -0.382 e. The number of aryl methyl sites for hydroxylation is 1. The van der Waals surface area contributed by atoms with E-state index in [9.17, 15) is 0 Å². The maximum Gasteiger partial charge on any atom is 0.148 e. The zero-order valence-corrected chi connectivity index (χ0v) is 9.18. The monoisotopic (exact) mass is 205 g/mol. The molecule has 2 aromatic heterocycles. The molecule has 80 valence electrons. The summed E-state index contributed by atoms with van der Waals surface area (Å²) < 4.78 is 3.64. The van der Waals surface area contributed by atoms with Gasteiger partial charge >= 0.3 is 0 Å². The Morgan fingerprint density at radius 1 is 1.33 bits per heavy atom. The minimum atomic E-state index is 0.354. The Bertz CT molecular complexity index is 446. The number of nitrogens with two attached hydrogens (primary N) is 1. The van der Waals surface area contributed by atoms with Crippen molar-refractivity contribution in [2.75, 3.05) is 5.73 Å². The van der Waals surface area contributed by atoms with Gasteiger partial charge in [-0.15, -0.1) is 0 Å². The molecule has 0 fully saturated rings. The molecule has 2 heterocycles. The number of anilines is 1. The third kappa shape index (κ3) is 1.72. The lowest BCUT2D eigenvalue weighted by Gasteiger charge is -2.02. The average molecular weight is 205 g/mol. The summed E-state index contributed by atoms with van der Waals surface area (Å²) in [5.74, 6) is 0.562. The standard InChI is InChI=1S/C10H15N5/c1-7(2)14-6-9(4-12-14)15-5-8(3)10(11)13-15/h4-7H,1-3H3,(H2,11,13). The number of nitrogen functional groups attached to an aromatic ring is 1. The highest BCUT2D eigenvalue weighted by molar-refractivity contribution is 5.39. The third-order valence-corrected chi connectivity index (χ3v) is 2.32. The van der Waals surface area contributed by atoms with Crippen LogP contribution in [0.5, 0.6) is 0 Å². The van der Waals surface area contributed by atoms with Gasteiger partial charge in [0.2, 0.25) is 0 Å². The maximum absolute atomic E-state index is 5.69. The molecule has 0 aliphatic carbocycles. The fraction of sp³-hybridized carbons (Fsp3) is 0.400. The highest BCUT2D eigenvalue weighted by Gasteiger charge is 2.06. The fourth-order valence-corrected chi connectivity index (χ4v) is 1.33. The first kappa shape index (κ1) is 9.76. The fourth-order valence-electron chi connectivity index (χ4n) is 1.33. The topological polar surface area (TPSA) is 61.7 Å². The van der Waals surface area contributed by atoms with Crippen molar-refractivity contribution in [3.63, 3.8) is 0 Å². The van der Waals surface area contributed by atoms with Gasteiger partial charge in [0.25, 0.3) is 0 Å². The number of hydrogen-bond acceptors (Lipinski definition) is 3. The summed E-state index contributed by atoms with van der Waals surface area (Å²) in [6.07, 6.45) is 5.64. The third-order valence-electron chi connectivity index (χ3n) is 2.32. The van der Waals surface area contributed by atoms with Gasteiger partial charge in [0.15, 0.2) is 0 Å². The maximum atomic E-state index is 5.69. The van der Waals surface area contributed by atoms with E-state index in [-0.39, 0.29) is 0 Å². The summed E-state index contributed by atoms with van der Waals surface area (Å²) in [7, 11) is 0. The highest BCUT2D eigenvalue weighted by atomic mass is 15.3. The van der Waals surface area contributed by atoms with Gasteiger partial charge in [-0.1, -0.05) is 0 Å². The lowest BCUT2D eigenvalue weighted by atomic mass is 10.4. The Hall–Kier alpha value is -1.78. The van der Waals surface area contributed by atoms with Gasteiger partial charge in [-0.3, -0.25) is 4.68 Å². The molecular formula is C10H15N5. The molecule has 0 amide bonds. The summed E-state index contributed by atoms with van der Waals surface area (Å²) in [6.45, 7) is 6.10. The van der Waals surface area contributed by atoms with Crippen molar-refractivity contribution >= 4 is 5.82 Å². The number of rotatable bonds is 2. The predicted molar refractivity (Wildman–Crippen MR) is 58.9 cm³/mol. The quantitative estimate of drug-likeness (QED) is 0.809. The Balaban J connectivity index is 2.37. The van der Waals surface area contributed by atoms with E-state index in [0.717, 1.165) is 11.3 Å². The second kappa shape index (κ2) is 3.42. The summed E-state index contributed by atoms with van der Waals surface area (Å²) in [5, 5.41) is 8.44. The molecule has 0 unspecified atom stereocenters. The van der Waals surface area contributed by atoms with E-state index in [4.69, 9.17) is 5.73 Å². The van der Waals surface area contributed by atoms with E-state index < -0.39 is 0 Å². The molecule has 0 radical (unpaired) electrons. The van der Waals surface area contributed by atoms with Crippen molar-refractivity contribution in [1.82, 2.24) is 19.6 Å². The molecule has 5 nitrogen and oxygen atoms in total.